The summed E-state index contributed by atoms with van der Waals surface area (Å²) >= 11 is 0. The van der Waals surface area contributed by atoms with Crippen LogP contribution in [0.25, 0.3) is 0 Å². The average molecular weight is 245 g/mol. The summed E-state index contributed by atoms with van der Waals surface area (Å²) in [7, 11) is 0. The first-order chi connectivity index (χ1) is 8.58. The van der Waals surface area contributed by atoms with Crippen LogP contribution < -0.4 is 5.32 Å². The standard InChI is InChI=1S/C14H16FN3/c1-9-6-12(7-10(2)13(9)15)8-18-14-11(3)16-4-5-17-14/h4-7H,8H2,1-3H3,(H,17,18). The second kappa shape index (κ2) is 5.12. The van der Waals surface area contributed by atoms with Crippen molar-refractivity contribution in [3.8, 4) is 0 Å². The third-order valence-electron chi connectivity index (χ3n) is 2.84. The highest BCUT2D eigenvalue weighted by Gasteiger charge is 2.05. The highest BCUT2D eigenvalue weighted by atomic mass is 19.1. The van der Waals surface area contributed by atoms with Crippen molar-refractivity contribution in [2.45, 2.75) is 27.3 Å². The maximum absolute atomic E-state index is 13.5. The third kappa shape index (κ3) is 2.64. The summed E-state index contributed by atoms with van der Waals surface area (Å²) in [5, 5.41) is 3.21. The second-order valence-corrected chi connectivity index (χ2v) is 4.39. The van der Waals surface area contributed by atoms with E-state index in [9.17, 15) is 4.39 Å². The fraction of sp³-hybridized carbons (Fsp3) is 0.286. The monoisotopic (exact) mass is 245 g/mol. The zero-order valence-electron chi connectivity index (χ0n) is 10.8. The van der Waals surface area contributed by atoms with Gasteiger partial charge in [-0.2, -0.15) is 0 Å². The Morgan fingerprint density at radius 2 is 1.67 bits per heavy atom. The molecule has 4 heteroatoms. The van der Waals surface area contributed by atoms with Crippen molar-refractivity contribution >= 4 is 5.82 Å². The molecule has 2 rings (SSSR count). The number of aromatic nitrogens is 2. The van der Waals surface area contributed by atoms with Crippen molar-refractivity contribution < 1.29 is 4.39 Å². The molecule has 0 amide bonds. The van der Waals surface area contributed by atoms with Crippen molar-refractivity contribution in [1.29, 1.82) is 0 Å². The molecule has 0 bridgehead atoms. The van der Waals surface area contributed by atoms with E-state index < -0.39 is 0 Å². The van der Waals surface area contributed by atoms with Crippen molar-refractivity contribution in [3.05, 3.63) is 52.7 Å². The Labute approximate surface area is 106 Å². The van der Waals surface area contributed by atoms with Gasteiger partial charge >= 0.3 is 0 Å². The number of hydrogen-bond acceptors (Lipinski definition) is 3. The highest BCUT2D eigenvalue weighted by Crippen LogP contribution is 2.16. The van der Waals surface area contributed by atoms with Gasteiger partial charge in [-0.25, -0.2) is 9.37 Å². The first kappa shape index (κ1) is 12.5. The third-order valence-corrected chi connectivity index (χ3v) is 2.84. The molecule has 18 heavy (non-hydrogen) atoms. The number of rotatable bonds is 3. The maximum atomic E-state index is 13.5. The largest absolute Gasteiger partial charge is 0.364 e. The van der Waals surface area contributed by atoms with E-state index in [-0.39, 0.29) is 5.82 Å². The highest BCUT2D eigenvalue weighted by molar-refractivity contribution is 5.40. The van der Waals surface area contributed by atoms with E-state index in [4.69, 9.17) is 0 Å². The number of halogens is 1. The molecule has 0 radical (unpaired) electrons. The summed E-state index contributed by atoms with van der Waals surface area (Å²) in [5.41, 5.74) is 3.23. The van der Waals surface area contributed by atoms with Gasteiger partial charge in [-0.1, -0.05) is 12.1 Å². The summed E-state index contributed by atoms with van der Waals surface area (Å²) < 4.78 is 13.5. The van der Waals surface area contributed by atoms with Crippen LogP contribution in [0.1, 0.15) is 22.4 Å². The van der Waals surface area contributed by atoms with E-state index in [0.29, 0.717) is 17.7 Å². The number of benzene rings is 1. The predicted octanol–water partition coefficient (Wildman–Crippen LogP) is 3.15. The fourth-order valence-corrected chi connectivity index (χ4v) is 1.90. The molecule has 3 nitrogen and oxygen atoms in total. The number of aryl methyl sites for hydroxylation is 3. The zero-order chi connectivity index (χ0) is 13.1. The quantitative estimate of drug-likeness (QED) is 0.902. The SMILES string of the molecule is Cc1cc(CNc2nccnc2C)cc(C)c1F. The molecule has 1 aromatic carbocycles. The maximum Gasteiger partial charge on any atom is 0.147 e. The molecular formula is C14H16FN3. The summed E-state index contributed by atoms with van der Waals surface area (Å²) in [5.74, 6) is 0.631. The van der Waals surface area contributed by atoms with Crippen LogP contribution in [0.5, 0.6) is 0 Å². The normalized spacial score (nSPS) is 10.4. The van der Waals surface area contributed by atoms with Crippen LogP contribution in [0, 0.1) is 26.6 Å². The lowest BCUT2D eigenvalue weighted by atomic mass is 10.1. The number of nitrogens with one attached hydrogen (secondary N) is 1. The Balaban J connectivity index is 2.14. The summed E-state index contributed by atoms with van der Waals surface area (Å²) in [6, 6.07) is 3.70. The summed E-state index contributed by atoms with van der Waals surface area (Å²) in [4.78, 5) is 8.36. The topological polar surface area (TPSA) is 37.8 Å². The van der Waals surface area contributed by atoms with Crippen molar-refractivity contribution in [2.24, 2.45) is 0 Å². The molecule has 0 saturated carbocycles. The van der Waals surface area contributed by atoms with Crippen LogP contribution in [0.4, 0.5) is 10.2 Å². The van der Waals surface area contributed by atoms with E-state index in [0.717, 1.165) is 17.1 Å². The van der Waals surface area contributed by atoms with E-state index >= 15 is 0 Å². The molecule has 2 aromatic rings. The second-order valence-electron chi connectivity index (χ2n) is 4.39. The molecule has 0 saturated heterocycles. The Hall–Kier alpha value is -1.97. The Morgan fingerprint density at radius 1 is 1.06 bits per heavy atom. The summed E-state index contributed by atoms with van der Waals surface area (Å²) in [6.07, 6.45) is 3.31. The minimum absolute atomic E-state index is 0.130. The van der Waals surface area contributed by atoms with Crippen LogP contribution in [0.2, 0.25) is 0 Å². The lowest BCUT2D eigenvalue weighted by Gasteiger charge is -2.10. The van der Waals surface area contributed by atoms with Crippen molar-refractivity contribution in [3.63, 3.8) is 0 Å². The van der Waals surface area contributed by atoms with Gasteiger partial charge in [0.05, 0.1) is 5.69 Å². The molecular weight excluding hydrogens is 229 g/mol. The van der Waals surface area contributed by atoms with Gasteiger partial charge in [0, 0.05) is 18.9 Å². The molecule has 1 aromatic heterocycles. The number of hydrogen-bond donors (Lipinski definition) is 1. The van der Waals surface area contributed by atoms with E-state index in [2.05, 4.69) is 15.3 Å². The zero-order valence-corrected chi connectivity index (χ0v) is 10.8. The minimum Gasteiger partial charge on any atom is -0.364 e. The van der Waals surface area contributed by atoms with Gasteiger partial charge < -0.3 is 5.32 Å². The van der Waals surface area contributed by atoms with Gasteiger partial charge in [-0.3, -0.25) is 4.98 Å². The number of nitrogens with zero attached hydrogens (tertiary/aromatic N) is 2. The predicted molar refractivity (Wildman–Crippen MR) is 70.0 cm³/mol. The molecule has 0 unspecified atom stereocenters. The van der Waals surface area contributed by atoms with Gasteiger partial charge in [-0.15, -0.1) is 0 Å². The number of anilines is 1. The molecule has 0 atom stereocenters. The molecule has 0 aliphatic carbocycles. The van der Waals surface area contributed by atoms with Gasteiger partial charge in [-0.05, 0) is 37.5 Å². The smallest absolute Gasteiger partial charge is 0.147 e. The van der Waals surface area contributed by atoms with Crippen LogP contribution in [0.15, 0.2) is 24.5 Å². The van der Waals surface area contributed by atoms with Crippen molar-refractivity contribution in [1.82, 2.24) is 9.97 Å². The van der Waals surface area contributed by atoms with Crippen LogP contribution in [-0.2, 0) is 6.54 Å². The van der Waals surface area contributed by atoms with Crippen LogP contribution in [0.3, 0.4) is 0 Å². The van der Waals surface area contributed by atoms with E-state index in [1.54, 1.807) is 26.2 Å². The van der Waals surface area contributed by atoms with E-state index in [1.165, 1.54) is 0 Å². The molecule has 94 valence electrons. The van der Waals surface area contributed by atoms with Gasteiger partial charge in [0.15, 0.2) is 0 Å². The summed E-state index contributed by atoms with van der Waals surface area (Å²) in [6.45, 7) is 6.07. The Morgan fingerprint density at radius 3 is 2.28 bits per heavy atom. The van der Waals surface area contributed by atoms with Gasteiger partial charge in [0.1, 0.15) is 11.6 Å². The van der Waals surface area contributed by atoms with Gasteiger partial charge in [0.25, 0.3) is 0 Å². The Kier molecular flexibility index (Phi) is 3.55. The fourth-order valence-electron chi connectivity index (χ4n) is 1.90. The minimum atomic E-state index is -0.130. The lowest BCUT2D eigenvalue weighted by Crippen LogP contribution is -2.05. The van der Waals surface area contributed by atoms with Crippen LogP contribution >= 0.6 is 0 Å². The average Bonchev–Trinajstić information content (AvgIpc) is 2.35. The van der Waals surface area contributed by atoms with Crippen LogP contribution in [-0.4, -0.2) is 9.97 Å². The molecule has 1 N–H and O–H groups in total. The first-order valence-electron chi connectivity index (χ1n) is 5.85. The molecule has 0 aliphatic rings. The first-order valence-corrected chi connectivity index (χ1v) is 5.85. The molecule has 0 fully saturated rings. The lowest BCUT2D eigenvalue weighted by molar-refractivity contribution is 0.608. The molecule has 0 spiro atoms. The van der Waals surface area contributed by atoms with Crippen molar-refractivity contribution in [2.75, 3.05) is 5.32 Å². The molecule has 0 aliphatic heterocycles. The van der Waals surface area contributed by atoms with E-state index in [1.807, 2.05) is 19.1 Å². The Bertz CT molecular complexity index is 544. The molecule has 1 heterocycles. The van der Waals surface area contributed by atoms with Gasteiger partial charge in [0.2, 0.25) is 0 Å².